The molecule has 0 aliphatic carbocycles. The molecule has 1 heterocycles. The van der Waals surface area contributed by atoms with Gasteiger partial charge in [0.25, 0.3) is 0 Å². The molecule has 0 fully saturated rings. The van der Waals surface area contributed by atoms with E-state index in [1.54, 1.807) is 12.1 Å². The zero-order chi connectivity index (χ0) is 17.2. The quantitative estimate of drug-likeness (QED) is 0.768. The lowest BCUT2D eigenvalue weighted by atomic mass is 10.0. The Morgan fingerprint density at radius 1 is 1.24 bits per heavy atom. The van der Waals surface area contributed by atoms with Crippen LogP contribution >= 0.6 is 24.0 Å². The largest absolute Gasteiger partial charge is 0.491 e. The minimum atomic E-state index is -3.19. The van der Waals surface area contributed by atoms with Gasteiger partial charge in [0.05, 0.1) is 15.7 Å². The molecule has 1 aliphatic heterocycles. The summed E-state index contributed by atoms with van der Waals surface area (Å²) in [6.07, 6.45) is 0.514. The van der Waals surface area contributed by atoms with Crippen molar-refractivity contribution < 1.29 is 17.5 Å². The Kier molecular flexibility index (Phi) is 6.68. The van der Waals surface area contributed by atoms with E-state index in [0.717, 1.165) is 5.56 Å². The molecule has 25 heavy (non-hydrogen) atoms. The highest BCUT2D eigenvalue weighted by Crippen LogP contribution is 2.31. The Hall–Kier alpha value is -1.34. The Morgan fingerprint density at radius 3 is 2.80 bits per heavy atom. The normalized spacial score (nSPS) is 18.1. The van der Waals surface area contributed by atoms with Crippen LogP contribution in [0.15, 0.2) is 47.4 Å². The molecule has 0 amide bonds. The van der Waals surface area contributed by atoms with E-state index >= 15 is 0 Å². The van der Waals surface area contributed by atoms with Crippen molar-refractivity contribution in [2.75, 3.05) is 18.9 Å². The van der Waals surface area contributed by atoms with E-state index in [0.29, 0.717) is 35.2 Å². The molecule has 3 rings (SSSR count). The summed E-state index contributed by atoms with van der Waals surface area (Å²) in [6, 6.07) is 10.9. The monoisotopic (exact) mass is 405 g/mol. The van der Waals surface area contributed by atoms with Crippen molar-refractivity contribution in [1.82, 2.24) is 5.32 Å². The fourth-order valence-corrected chi connectivity index (χ4v) is 4.58. The van der Waals surface area contributed by atoms with Crippen LogP contribution in [0.1, 0.15) is 18.0 Å². The molecular formula is C17H18Cl2FNO3S. The molecule has 1 atom stereocenters. The molecular weight excluding hydrogens is 388 g/mol. The number of rotatable bonds is 5. The van der Waals surface area contributed by atoms with Crippen molar-refractivity contribution >= 4 is 33.8 Å². The molecule has 2 aromatic carbocycles. The van der Waals surface area contributed by atoms with Crippen LogP contribution in [0.25, 0.3) is 0 Å². The van der Waals surface area contributed by atoms with E-state index < -0.39 is 15.7 Å². The second-order valence-electron chi connectivity index (χ2n) is 5.58. The lowest BCUT2D eigenvalue weighted by Gasteiger charge is -2.26. The highest BCUT2D eigenvalue weighted by atomic mass is 35.5. The molecule has 0 aromatic heterocycles. The summed E-state index contributed by atoms with van der Waals surface area (Å²) in [7, 11) is -3.19. The van der Waals surface area contributed by atoms with Crippen LogP contribution in [-0.4, -0.2) is 27.3 Å². The van der Waals surface area contributed by atoms with Gasteiger partial charge in [-0.05, 0) is 30.2 Å². The van der Waals surface area contributed by atoms with Crippen molar-refractivity contribution in [3.05, 3.63) is 58.9 Å². The molecule has 0 spiro atoms. The van der Waals surface area contributed by atoms with Crippen molar-refractivity contribution in [2.24, 2.45) is 0 Å². The lowest BCUT2D eigenvalue weighted by molar-refractivity contribution is 0.302. The second-order valence-corrected chi connectivity index (χ2v) is 8.06. The van der Waals surface area contributed by atoms with E-state index in [-0.39, 0.29) is 24.2 Å². The summed E-state index contributed by atoms with van der Waals surface area (Å²) < 4.78 is 42.9. The molecule has 136 valence electrons. The molecule has 0 saturated carbocycles. The molecule has 1 unspecified atom stereocenters. The Bertz CT molecular complexity index is 846. The first-order valence-corrected chi connectivity index (χ1v) is 9.63. The summed E-state index contributed by atoms with van der Waals surface area (Å²) in [5, 5.41) is 3.65. The summed E-state index contributed by atoms with van der Waals surface area (Å²) >= 11 is 5.94. The van der Waals surface area contributed by atoms with Gasteiger partial charge >= 0.3 is 0 Å². The van der Waals surface area contributed by atoms with Crippen molar-refractivity contribution in [1.29, 1.82) is 0 Å². The van der Waals surface area contributed by atoms with E-state index in [9.17, 15) is 12.8 Å². The highest BCUT2D eigenvalue weighted by Gasteiger charge is 2.29. The summed E-state index contributed by atoms with van der Waals surface area (Å²) in [6.45, 7) is 0.792. The van der Waals surface area contributed by atoms with E-state index in [1.165, 1.54) is 18.2 Å². The van der Waals surface area contributed by atoms with Crippen LogP contribution in [0.4, 0.5) is 4.39 Å². The molecule has 0 bridgehead atoms. The lowest BCUT2D eigenvalue weighted by Crippen LogP contribution is -2.32. The number of nitrogens with one attached hydrogen (secondary N) is 1. The van der Waals surface area contributed by atoms with E-state index in [2.05, 4.69) is 5.32 Å². The van der Waals surface area contributed by atoms with Crippen LogP contribution < -0.4 is 10.1 Å². The molecule has 1 aliphatic rings. The van der Waals surface area contributed by atoms with Gasteiger partial charge in [0.2, 0.25) is 0 Å². The molecule has 1 N–H and O–H groups in total. The van der Waals surface area contributed by atoms with Crippen LogP contribution in [0, 0.1) is 5.82 Å². The predicted molar refractivity (Wildman–Crippen MR) is 98.0 cm³/mol. The van der Waals surface area contributed by atoms with Crippen molar-refractivity contribution in [3.8, 4) is 5.75 Å². The molecule has 0 saturated heterocycles. The predicted octanol–water partition coefficient (Wildman–Crippen LogP) is 3.79. The van der Waals surface area contributed by atoms with Gasteiger partial charge in [-0.3, -0.25) is 0 Å². The van der Waals surface area contributed by atoms with Gasteiger partial charge in [0.1, 0.15) is 18.2 Å². The number of halogens is 3. The highest BCUT2D eigenvalue weighted by molar-refractivity contribution is 7.91. The fraction of sp³-hybridized carbons (Fsp3) is 0.294. The SMILES string of the molecule is Cl.O=S1(=O)CCC(NCCOc2cc(F)ccc2Cl)c2ccccc21. The smallest absolute Gasteiger partial charge is 0.178 e. The maximum absolute atomic E-state index is 13.2. The standard InChI is InChI=1S/C17H17ClFNO3S.ClH/c18-14-6-5-12(19)11-16(14)23-9-8-20-15-7-10-24(21,22)17-4-2-1-3-13(15)17;/h1-6,11,15,20H,7-10H2;1H. The van der Waals surface area contributed by atoms with Crippen molar-refractivity contribution in [3.63, 3.8) is 0 Å². The average molecular weight is 406 g/mol. The van der Waals surface area contributed by atoms with Crippen LogP contribution in [0.3, 0.4) is 0 Å². The first-order valence-electron chi connectivity index (χ1n) is 7.60. The zero-order valence-electron chi connectivity index (χ0n) is 13.2. The molecule has 2 aromatic rings. The molecule has 8 heteroatoms. The first-order chi connectivity index (χ1) is 11.5. The van der Waals surface area contributed by atoms with Gasteiger partial charge in [0.15, 0.2) is 9.84 Å². The van der Waals surface area contributed by atoms with Crippen LogP contribution in [0.2, 0.25) is 5.02 Å². The van der Waals surface area contributed by atoms with E-state index in [1.807, 2.05) is 12.1 Å². The third-order valence-electron chi connectivity index (χ3n) is 3.95. The minimum absolute atomic E-state index is 0. The van der Waals surface area contributed by atoms with Gasteiger partial charge in [-0.15, -0.1) is 12.4 Å². The summed E-state index contributed by atoms with van der Waals surface area (Å²) in [5.74, 6) is 0.0111. The van der Waals surface area contributed by atoms with Gasteiger partial charge < -0.3 is 10.1 Å². The maximum Gasteiger partial charge on any atom is 0.178 e. The Labute approximate surface area is 157 Å². The number of hydrogen-bond acceptors (Lipinski definition) is 4. The number of hydrogen-bond donors (Lipinski definition) is 1. The fourth-order valence-electron chi connectivity index (χ4n) is 2.78. The summed E-state index contributed by atoms with van der Waals surface area (Å²) in [4.78, 5) is 0.392. The van der Waals surface area contributed by atoms with Gasteiger partial charge in [-0.25, -0.2) is 12.8 Å². The Morgan fingerprint density at radius 2 is 2.00 bits per heavy atom. The number of sulfone groups is 1. The third kappa shape index (κ3) is 4.64. The number of fused-ring (bicyclic) bond motifs is 1. The van der Waals surface area contributed by atoms with Gasteiger partial charge in [-0.2, -0.15) is 0 Å². The van der Waals surface area contributed by atoms with E-state index in [4.69, 9.17) is 16.3 Å². The third-order valence-corrected chi connectivity index (χ3v) is 6.08. The topological polar surface area (TPSA) is 55.4 Å². The average Bonchev–Trinajstić information content (AvgIpc) is 2.56. The van der Waals surface area contributed by atoms with Gasteiger partial charge in [-0.1, -0.05) is 29.8 Å². The summed E-state index contributed by atoms with van der Waals surface area (Å²) in [5.41, 5.74) is 0.785. The van der Waals surface area contributed by atoms with Crippen LogP contribution in [-0.2, 0) is 9.84 Å². The van der Waals surface area contributed by atoms with Gasteiger partial charge in [0, 0.05) is 18.7 Å². The molecule has 0 radical (unpaired) electrons. The maximum atomic E-state index is 13.2. The molecule has 4 nitrogen and oxygen atoms in total. The van der Waals surface area contributed by atoms with Crippen LogP contribution in [0.5, 0.6) is 5.75 Å². The number of benzene rings is 2. The zero-order valence-corrected chi connectivity index (χ0v) is 15.6. The van der Waals surface area contributed by atoms with Crippen molar-refractivity contribution in [2.45, 2.75) is 17.4 Å². The first kappa shape index (κ1) is 20.0. The minimum Gasteiger partial charge on any atom is -0.491 e. The second kappa shape index (κ2) is 8.36. The Balaban J connectivity index is 0.00000225. The number of ether oxygens (including phenoxy) is 1.